The van der Waals surface area contributed by atoms with Gasteiger partial charge in [-0.3, -0.25) is 4.79 Å². The van der Waals surface area contributed by atoms with Gasteiger partial charge in [-0.05, 0) is 12.3 Å². The van der Waals surface area contributed by atoms with E-state index < -0.39 is 30.0 Å². The second-order valence-corrected chi connectivity index (χ2v) is 4.55. The highest BCUT2D eigenvalue weighted by Gasteiger charge is 2.46. The lowest BCUT2D eigenvalue weighted by molar-refractivity contribution is -0.159. The highest BCUT2D eigenvalue weighted by atomic mass is 19.4. The summed E-state index contributed by atoms with van der Waals surface area (Å²) in [6, 6.07) is -1.16. The van der Waals surface area contributed by atoms with Crippen molar-refractivity contribution in [2.45, 2.75) is 44.4 Å². The Morgan fingerprint density at radius 2 is 1.82 bits per heavy atom. The van der Waals surface area contributed by atoms with Crippen molar-refractivity contribution in [3.05, 3.63) is 0 Å². The minimum atomic E-state index is -4.69. The van der Waals surface area contributed by atoms with Gasteiger partial charge in [-0.25, -0.2) is 0 Å². The summed E-state index contributed by atoms with van der Waals surface area (Å²) in [7, 11) is 0. The number of halogens is 3. The lowest BCUT2D eigenvalue weighted by Crippen LogP contribution is -2.58. The van der Waals surface area contributed by atoms with E-state index in [0.29, 0.717) is 0 Å². The monoisotopic (exact) mass is 254 g/mol. The van der Waals surface area contributed by atoms with Gasteiger partial charge in [-0.2, -0.15) is 13.2 Å². The Morgan fingerprint density at radius 1 is 1.35 bits per heavy atom. The molecule has 0 aliphatic carbocycles. The van der Waals surface area contributed by atoms with Crippen LogP contribution in [0.1, 0.15) is 26.7 Å². The third-order valence-corrected chi connectivity index (χ3v) is 2.22. The number of Topliss-reactive ketones (excluding diaryl/α,β-unsaturated/α-hetero) is 1. The molecule has 0 fully saturated rings. The van der Waals surface area contributed by atoms with Crippen LogP contribution < -0.4 is 11.5 Å². The molecule has 0 amide bonds. The number of carbonyl (C=O) groups excluding carboxylic acids is 2. The molecular weight excluding hydrogens is 237 g/mol. The average Bonchev–Trinajstić information content (AvgIpc) is 2.12. The van der Waals surface area contributed by atoms with Gasteiger partial charge >= 0.3 is 6.18 Å². The van der Waals surface area contributed by atoms with E-state index in [4.69, 9.17) is 11.5 Å². The van der Waals surface area contributed by atoms with Gasteiger partial charge in [0.2, 0.25) is 0 Å². The van der Waals surface area contributed by atoms with Crippen LogP contribution in [0.2, 0.25) is 0 Å². The molecule has 0 saturated carbocycles. The molecule has 0 rings (SSSR count). The molecule has 0 aromatic rings. The maximum Gasteiger partial charge on any atom is 0.391 e. The quantitative estimate of drug-likeness (QED) is 0.541. The van der Waals surface area contributed by atoms with Gasteiger partial charge < -0.3 is 16.3 Å². The lowest BCUT2D eigenvalue weighted by Gasteiger charge is -2.26. The van der Waals surface area contributed by atoms with E-state index in [9.17, 15) is 22.8 Å². The number of rotatable bonds is 6. The zero-order valence-corrected chi connectivity index (χ0v) is 9.75. The van der Waals surface area contributed by atoms with E-state index in [1.54, 1.807) is 13.8 Å². The highest BCUT2D eigenvalue weighted by molar-refractivity contribution is 6.05. The number of nitrogens with two attached hydrogens (primary N) is 2. The number of hydrogen-bond acceptors (Lipinski definition) is 4. The molecule has 4 nitrogen and oxygen atoms in total. The Morgan fingerprint density at radius 3 is 2.12 bits per heavy atom. The first-order valence-electron chi connectivity index (χ1n) is 5.13. The zero-order chi connectivity index (χ0) is 13.9. The third-order valence-electron chi connectivity index (χ3n) is 2.22. The Bertz CT molecular complexity index is 292. The molecular formula is C10H17F3N2O2. The Kier molecular flexibility index (Phi) is 5.28. The van der Waals surface area contributed by atoms with Gasteiger partial charge in [0.15, 0.2) is 5.78 Å². The molecule has 17 heavy (non-hydrogen) atoms. The van der Waals surface area contributed by atoms with Crippen LogP contribution in [0.25, 0.3) is 0 Å². The van der Waals surface area contributed by atoms with Crippen molar-refractivity contribution in [2.24, 2.45) is 17.4 Å². The van der Waals surface area contributed by atoms with Crippen LogP contribution in [0.15, 0.2) is 0 Å². The zero-order valence-electron chi connectivity index (χ0n) is 9.75. The summed E-state index contributed by atoms with van der Waals surface area (Å²) in [4.78, 5) is 22.3. The number of hydrogen-bond donors (Lipinski definition) is 2. The largest absolute Gasteiger partial charge is 0.391 e. The topological polar surface area (TPSA) is 86.2 Å². The molecule has 0 aromatic carbocycles. The number of ketones is 1. The summed E-state index contributed by atoms with van der Waals surface area (Å²) >= 11 is 0. The predicted octanol–water partition coefficient (Wildman–Crippen LogP) is 0.778. The summed E-state index contributed by atoms with van der Waals surface area (Å²) in [6.07, 6.45) is -6.37. The van der Waals surface area contributed by atoms with Crippen molar-refractivity contribution >= 4 is 12.1 Å². The number of carbonyl (C=O) groups is 2. The van der Waals surface area contributed by atoms with Crippen molar-refractivity contribution in [3.63, 3.8) is 0 Å². The molecule has 0 aliphatic rings. The van der Waals surface area contributed by atoms with Crippen LogP contribution in [0.5, 0.6) is 0 Å². The minimum absolute atomic E-state index is 0.0238. The van der Waals surface area contributed by atoms with E-state index in [2.05, 4.69) is 0 Å². The fraction of sp³-hybridized carbons (Fsp3) is 0.800. The molecule has 0 spiro atoms. The van der Waals surface area contributed by atoms with Crippen LogP contribution in [0, 0.1) is 5.92 Å². The van der Waals surface area contributed by atoms with E-state index in [1.807, 2.05) is 0 Å². The fourth-order valence-electron chi connectivity index (χ4n) is 1.48. The SMILES string of the molecule is CC(C)CC(N)C(=O)C(N)(C=O)CC(F)(F)F. The van der Waals surface area contributed by atoms with Gasteiger partial charge in [0, 0.05) is 0 Å². The molecule has 100 valence electrons. The lowest BCUT2D eigenvalue weighted by atomic mass is 9.85. The molecule has 0 aromatic heterocycles. The van der Waals surface area contributed by atoms with Crippen molar-refractivity contribution in [1.29, 1.82) is 0 Å². The van der Waals surface area contributed by atoms with Gasteiger partial charge in [0.05, 0.1) is 12.5 Å². The van der Waals surface area contributed by atoms with Crippen LogP contribution in [0.3, 0.4) is 0 Å². The van der Waals surface area contributed by atoms with Crippen LogP contribution >= 0.6 is 0 Å². The minimum Gasteiger partial charge on any atom is -0.321 e. The van der Waals surface area contributed by atoms with Crippen molar-refractivity contribution < 1.29 is 22.8 Å². The fourth-order valence-corrected chi connectivity index (χ4v) is 1.48. The van der Waals surface area contributed by atoms with Gasteiger partial charge in [-0.15, -0.1) is 0 Å². The first kappa shape index (κ1) is 16.1. The number of aldehydes is 1. The molecule has 0 saturated heterocycles. The van der Waals surface area contributed by atoms with Crippen molar-refractivity contribution in [2.75, 3.05) is 0 Å². The second-order valence-electron chi connectivity index (χ2n) is 4.55. The smallest absolute Gasteiger partial charge is 0.321 e. The summed E-state index contributed by atoms with van der Waals surface area (Å²) in [5.41, 5.74) is 8.05. The summed E-state index contributed by atoms with van der Waals surface area (Å²) in [5.74, 6) is -1.05. The normalized spacial score (nSPS) is 17.6. The van der Waals surface area contributed by atoms with Gasteiger partial charge in [0.25, 0.3) is 0 Å². The standard InChI is InChI=1S/C10H17F3N2O2/c1-6(2)3-7(14)8(17)9(15,5-16)4-10(11,12)13/h5-7H,3-4,14-15H2,1-2H3. The van der Waals surface area contributed by atoms with E-state index in [0.717, 1.165) is 0 Å². The Balaban J connectivity index is 4.86. The molecule has 0 heterocycles. The van der Waals surface area contributed by atoms with E-state index in [-0.39, 0.29) is 18.6 Å². The van der Waals surface area contributed by atoms with Crippen LogP contribution in [0.4, 0.5) is 13.2 Å². The first-order valence-corrected chi connectivity index (χ1v) is 5.13. The first-order chi connectivity index (χ1) is 7.52. The van der Waals surface area contributed by atoms with E-state index >= 15 is 0 Å². The maximum absolute atomic E-state index is 12.2. The Labute approximate surface area is 97.5 Å². The summed E-state index contributed by atoms with van der Waals surface area (Å²) in [6.45, 7) is 3.52. The van der Waals surface area contributed by atoms with Gasteiger partial charge in [-0.1, -0.05) is 13.8 Å². The summed E-state index contributed by atoms with van der Waals surface area (Å²) in [5, 5.41) is 0. The molecule has 0 bridgehead atoms. The summed E-state index contributed by atoms with van der Waals surface area (Å²) < 4.78 is 36.6. The molecule has 0 radical (unpaired) electrons. The molecule has 7 heteroatoms. The van der Waals surface area contributed by atoms with Crippen molar-refractivity contribution in [3.8, 4) is 0 Å². The molecule has 2 atom stereocenters. The maximum atomic E-state index is 12.2. The van der Waals surface area contributed by atoms with Gasteiger partial charge in [0.1, 0.15) is 11.8 Å². The molecule has 2 unspecified atom stereocenters. The van der Waals surface area contributed by atoms with E-state index in [1.165, 1.54) is 0 Å². The predicted molar refractivity (Wildman–Crippen MR) is 56.1 cm³/mol. The second kappa shape index (κ2) is 5.59. The highest BCUT2D eigenvalue weighted by Crippen LogP contribution is 2.26. The van der Waals surface area contributed by atoms with Crippen LogP contribution in [-0.2, 0) is 9.59 Å². The average molecular weight is 254 g/mol. The molecule has 4 N–H and O–H groups in total. The molecule has 0 aliphatic heterocycles. The Hall–Kier alpha value is -0.950. The van der Waals surface area contributed by atoms with Crippen LogP contribution in [-0.4, -0.2) is 29.8 Å². The van der Waals surface area contributed by atoms with Crippen molar-refractivity contribution in [1.82, 2.24) is 0 Å². The third kappa shape index (κ3) is 5.27. The number of alkyl halides is 3.